The third-order valence-electron chi connectivity index (χ3n) is 0. The van der Waals surface area contributed by atoms with Crippen LogP contribution in [-0.4, -0.2) is 10.0 Å². The van der Waals surface area contributed by atoms with Crippen molar-refractivity contribution in [3.8, 4) is 0 Å². The quantitative estimate of drug-likeness (QED) is 0.134. The van der Waals surface area contributed by atoms with Crippen LogP contribution >= 0.6 is 0 Å². The largest absolute Gasteiger partial charge is 1.00 e. The predicted molar refractivity (Wildman–Crippen MR) is 11.5 cm³/mol. The summed E-state index contributed by atoms with van der Waals surface area (Å²) in [7, 11) is -3.11. The summed E-state index contributed by atoms with van der Waals surface area (Å²) in [6.07, 6.45) is 0. The van der Waals surface area contributed by atoms with Gasteiger partial charge in [0, 0.05) is 0 Å². The van der Waals surface area contributed by atoms with Gasteiger partial charge in [-0.3, -0.25) is 0 Å². The van der Waals surface area contributed by atoms with Crippen molar-refractivity contribution < 1.29 is 56.2 Å². The van der Waals surface area contributed by atoms with Crippen LogP contribution in [0.4, 0.5) is 0 Å². The molecule has 7 heteroatoms. The molecule has 0 aromatic rings. The average molecular weight is 111 g/mol. The summed E-state index contributed by atoms with van der Waals surface area (Å²) < 4.78 is 25.3. The van der Waals surface area contributed by atoms with Crippen LogP contribution in [0.3, 0.4) is 0 Å². The molecule has 7 heavy (non-hydrogen) atoms. The van der Waals surface area contributed by atoms with Crippen LogP contribution in [0.5, 0.6) is 0 Å². The first-order valence-corrected chi connectivity index (χ1v) is 1.50. The molecule has 0 aliphatic carbocycles. The van der Waals surface area contributed by atoms with Crippen molar-refractivity contribution in [2.75, 3.05) is 0 Å². The van der Waals surface area contributed by atoms with E-state index in [0.717, 1.165) is 0 Å². The fourth-order valence-electron chi connectivity index (χ4n) is 0. The van der Waals surface area contributed by atoms with E-state index in [1.165, 1.54) is 0 Å². The zero-order valence-electron chi connectivity index (χ0n) is 4.08. The van der Waals surface area contributed by atoms with E-state index in [0.29, 0.717) is 0 Å². The predicted octanol–water partition coefficient (Wildman–Crippen LogP) is -6.74. The molecule has 0 aromatic carbocycles. The number of rotatable bonds is 0. The molecule has 0 aliphatic heterocycles. The Balaban J connectivity index is -0.0000000150. The second-order valence-electron chi connectivity index (χ2n) is 0.204. The second-order valence-corrected chi connectivity index (χ2v) is 0.612. The van der Waals surface area contributed by atoms with Gasteiger partial charge >= 0.3 is 37.7 Å². The topological polar surface area (TPSA) is 87.2 Å². The van der Waals surface area contributed by atoms with Gasteiger partial charge in [0.15, 0.2) is 0 Å². The third-order valence-corrected chi connectivity index (χ3v) is 0. The van der Waals surface area contributed by atoms with E-state index in [2.05, 4.69) is 0 Å². The average Bonchev–Trinajstić information content (AvgIpc) is 0.811. The van der Waals surface area contributed by atoms with E-state index in [1.54, 1.807) is 0 Å². The number of hydrogen-bond donors (Lipinski definition) is 0. The van der Waals surface area contributed by atoms with Crippen LogP contribution in [0.1, 0.15) is 0 Å². The molecule has 0 bridgehead atoms. The maximum atomic E-state index is 8.44. The Morgan fingerprint density at radius 2 is 1.14 bits per heavy atom. The van der Waals surface area contributed by atoms with Crippen LogP contribution in [0.25, 0.3) is 0 Å². The Morgan fingerprint density at radius 3 is 1.14 bits per heavy atom. The Labute approximate surface area is 67.1 Å². The second kappa shape index (κ2) is 15.7. The van der Waals surface area contributed by atoms with E-state index in [1.807, 2.05) is 0 Å². The van der Waals surface area contributed by atoms with E-state index in [9.17, 15) is 0 Å². The fraction of sp³-hybridized carbons (Fsp3) is 0. The molecule has 1 N–H and O–H groups in total. The molecule has 0 aromatic heterocycles. The molecule has 0 atom stereocenters. The van der Waals surface area contributed by atoms with Crippen molar-refractivity contribution >= 4 is 11.0 Å². The van der Waals surface area contributed by atoms with Gasteiger partial charge in [0.25, 0.3) is 0 Å². The van der Waals surface area contributed by atoms with Gasteiger partial charge in [-0.05, 0) is 0 Å². The zero-order chi connectivity index (χ0) is 3.58. The Hall–Kier alpha value is 1.06. The fourth-order valence-corrected chi connectivity index (χ4v) is 0. The van der Waals surface area contributed by atoms with Crippen molar-refractivity contribution in [3.05, 3.63) is 0 Å². The van der Waals surface area contributed by atoms with Gasteiger partial charge < -0.3 is 18.4 Å². The molecule has 0 radical (unpaired) electrons. The molecule has 0 fully saturated rings. The van der Waals surface area contributed by atoms with Crippen molar-refractivity contribution in [1.82, 2.24) is 0 Å². The minimum Gasteiger partial charge on any atom is -0.917 e. The van der Waals surface area contributed by atoms with Gasteiger partial charge in [-0.25, -0.2) is 0 Å². The first-order valence-electron chi connectivity index (χ1n) is 0.500. The van der Waals surface area contributed by atoms with Gasteiger partial charge in [0.2, 0.25) is 0 Å². The van der Waals surface area contributed by atoms with Crippen molar-refractivity contribution in [2.24, 2.45) is 0 Å². The van der Waals surface area contributed by atoms with Crippen LogP contribution in [0.2, 0.25) is 0 Å². The van der Waals surface area contributed by atoms with Crippen LogP contribution in [-0.2, 0) is 19.4 Å². The van der Waals surface area contributed by atoms with E-state index in [-0.39, 0.29) is 43.2 Å². The Kier molecular flexibility index (Phi) is 54.7. The molecule has 0 unspecified atom stereocenters. The van der Waals surface area contributed by atoms with Gasteiger partial charge in [-0.2, -0.15) is 11.0 Å². The molecule has 0 amide bonds. The van der Waals surface area contributed by atoms with Gasteiger partial charge in [-0.1, -0.05) is 0 Å². The molecule has 34 valence electrons. The van der Waals surface area contributed by atoms with Crippen LogP contribution in [0, 0.1) is 0 Å². The maximum absolute atomic E-state index is 8.44. The Morgan fingerprint density at radius 1 is 1.14 bits per heavy atom. The normalized spacial score (nSPS) is 4.86. The monoisotopic (exact) mass is 111 g/mol. The first-order chi connectivity index (χ1) is 1.73. The van der Waals surface area contributed by atoms with E-state index < -0.39 is 11.0 Å². The smallest absolute Gasteiger partial charge is 0.917 e. The summed E-state index contributed by atoms with van der Waals surface area (Å²) in [5.41, 5.74) is 0. The van der Waals surface area contributed by atoms with Gasteiger partial charge in [0.1, 0.15) is 0 Å². The van der Waals surface area contributed by atoms with Crippen molar-refractivity contribution in [2.45, 2.75) is 0 Å². The van der Waals surface area contributed by atoms with Crippen molar-refractivity contribution in [3.63, 3.8) is 0 Å². The third kappa shape index (κ3) is 160. The molecule has 0 saturated heterocycles. The van der Waals surface area contributed by atoms with Gasteiger partial charge in [0.05, 0.1) is 0 Å². The molecule has 0 saturated carbocycles. The summed E-state index contributed by atoms with van der Waals surface area (Å²) in [5.74, 6) is 0. The summed E-state index contributed by atoms with van der Waals surface area (Å²) in [4.78, 5) is 0. The van der Waals surface area contributed by atoms with Gasteiger partial charge in [-0.15, -0.1) is 0 Å². The summed E-state index contributed by atoms with van der Waals surface area (Å²) in [6.45, 7) is 0. The van der Waals surface area contributed by atoms with Crippen molar-refractivity contribution in [1.29, 1.82) is 0 Å². The minimum atomic E-state index is -3.11. The summed E-state index contributed by atoms with van der Waals surface area (Å²) >= 11 is 0. The zero-order valence-corrected chi connectivity index (χ0v) is 4.90. The van der Waals surface area contributed by atoms with Crippen LogP contribution < -0.4 is 37.7 Å². The first kappa shape index (κ1) is 24.4. The molecular formula is HLi2O4S-. The molecule has 4 nitrogen and oxygen atoms in total. The minimum absolute atomic E-state index is 0. The summed E-state index contributed by atoms with van der Waals surface area (Å²) in [5, 5.41) is 0. The molecule has 0 spiro atoms. The molecule has 0 rings (SSSR count). The SMILES string of the molecule is O=[S-](=O)[O-].[Li+].[Li+].[OH-]. The number of hydrogen-bond acceptors (Lipinski definition) is 5. The Bertz CT molecular complexity index is 58.1. The van der Waals surface area contributed by atoms with E-state index >= 15 is 0 Å². The van der Waals surface area contributed by atoms with E-state index in [4.69, 9.17) is 13.0 Å². The molecule has 0 aliphatic rings. The maximum Gasteiger partial charge on any atom is 1.00 e. The van der Waals surface area contributed by atoms with Crippen LogP contribution in [0.15, 0.2) is 0 Å². The molecular weight excluding hydrogens is 110 g/mol. The summed E-state index contributed by atoms with van der Waals surface area (Å²) in [6, 6.07) is 0. The molecule has 0 heterocycles. The standard InChI is InChI=1S/2Li.O3S.H2O/c;;1-4(2)3;/h;;;1H2/q2*+1;-2;/p-1.